The van der Waals surface area contributed by atoms with Gasteiger partial charge in [0.25, 0.3) is 5.91 Å². The van der Waals surface area contributed by atoms with E-state index < -0.39 is 0 Å². The van der Waals surface area contributed by atoms with Gasteiger partial charge in [0.15, 0.2) is 5.69 Å². The molecule has 4 rings (SSSR count). The van der Waals surface area contributed by atoms with Crippen molar-refractivity contribution in [3.8, 4) is 11.5 Å². The van der Waals surface area contributed by atoms with Crippen molar-refractivity contribution in [3.63, 3.8) is 0 Å². The molecule has 2 amide bonds. The lowest BCUT2D eigenvalue weighted by Gasteiger charge is -2.31. The number of nitrogens with one attached hydrogen (secondary N) is 1. The molecule has 0 bridgehead atoms. The van der Waals surface area contributed by atoms with Gasteiger partial charge in [-0.25, -0.2) is 4.98 Å². The maximum absolute atomic E-state index is 12.7. The molecule has 1 atom stereocenters. The zero-order chi connectivity index (χ0) is 21.6. The van der Waals surface area contributed by atoms with Crippen molar-refractivity contribution in [2.45, 2.75) is 25.8 Å². The Kier molecular flexibility index (Phi) is 6.79. The Morgan fingerprint density at radius 2 is 2.06 bits per heavy atom. The standard InChI is InChI=1S/C23H25N3O4S/c27-13-18-2-1-8-26(12-18)23(29)20-14-30-22(25-20)19-5-3-16(4-6-19)11-24-21(28)10-17-7-9-31-15-17/h3-7,9,14-15,18,27H,1-2,8,10-13H2,(H,24,28). The molecule has 1 aliphatic heterocycles. The highest BCUT2D eigenvalue weighted by Gasteiger charge is 2.26. The molecule has 31 heavy (non-hydrogen) atoms. The SMILES string of the molecule is O=C(Cc1ccsc1)NCc1ccc(-c2nc(C(=O)N3CCCC(CO)C3)co2)cc1. The minimum absolute atomic E-state index is 0.0144. The van der Waals surface area contributed by atoms with E-state index in [1.165, 1.54) is 6.26 Å². The zero-order valence-corrected chi connectivity index (χ0v) is 17.9. The summed E-state index contributed by atoms with van der Waals surface area (Å²) in [5, 5.41) is 16.2. The fourth-order valence-corrected chi connectivity index (χ4v) is 4.34. The van der Waals surface area contributed by atoms with Crippen molar-refractivity contribution < 1.29 is 19.1 Å². The Hall–Kier alpha value is -2.97. The quantitative estimate of drug-likeness (QED) is 0.590. The molecule has 2 aromatic heterocycles. The van der Waals surface area contributed by atoms with Crippen LogP contribution >= 0.6 is 11.3 Å². The molecule has 3 aromatic rings. The second-order valence-corrected chi connectivity index (χ2v) is 8.54. The molecule has 7 nitrogen and oxygen atoms in total. The molecule has 162 valence electrons. The van der Waals surface area contributed by atoms with Crippen LogP contribution in [0.3, 0.4) is 0 Å². The fraction of sp³-hybridized carbons (Fsp3) is 0.348. The van der Waals surface area contributed by atoms with E-state index in [0.717, 1.165) is 29.5 Å². The second-order valence-electron chi connectivity index (χ2n) is 7.76. The van der Waals surface area contributed by atoms with Crippen LogP contribution in [0, 0.1) is 5.92 Å². The highest BCUT2D eigenvalue weighted by molar-refractivity contribution is 7.08. The maximum Gasteiger partial charge on any atom is 0.275 e. The van der Waals surface area contributed by atoms with E-state index in [1.807, 2.05) is 41.1 Å². The van der Waals surface area contributed by atoms with Gasteiger partial charge in [0.1, 0.15) is 6.26 Å². The number of oxazole rings is 1. The van der Waals surface area contributed by atoms with Gasteiger partial charge in [0.2, 0.25) is 11.8 Å². The number of hydrogen-bond acceptors (Lipinski definition) is 6. The average Bonchev–Trinajstić information content (AvgIpc) is 3.50. The molecule has 0 spiro atoms. The zero-order valence-electron chi connectivity index (χ0n) is 17.1. The van der Waals surface area contributed by atoms with E-state index in [9.17, 15) is 14.7 Å². The Morgan fingerprint density at radius 3 is 2.81 bits per heavy atom. The third kappa shape index (κ3) is 5.39. The number of hydrogen-bond donors (Lipinski definition) is 2. The number of aromatic nitrogens is 1. The maximum atomic E-state index is 12.7. The van der Waals surface area contributed by atoms with Crippen LogP contribution in [0.15, 0.2) is 51.8 Å². The van der Waals surface area contributed by atoms with Crippen LogP contribution in [0.2, 0.25) is 0 Å². The minimum Gasteiger partial charge on any atom is -0.444 e. The Balaban J connectivity index is 1.33. The Labute approximate surface area is 184 Å². The van der Waals surface area contributed by atoms with Gasteiger partial charge >= 0.3 is 0 Å². The summed E-state index contributed by atoms with van der Waals surface area (Å²) in [6, 6.07) is 9.49. The van der Waals surface area contributed by atoms with E-state index in [2.05, 4.69) is 10.3 Å². The van der Waals surface area contributed by atoms with Gasteiger partial charge in [-0.15, -0.1) is 0 Å². The lowest BCUT2D eigenvalue weighted by molar-refractivity contribution is -0.120. The highest BCUT2D eigenvalue weighted by Crippen LogP contribution is 2.22. The van der Waals surface area contributed by atoms with Crippen molar-refractivity contribution in [2.75, 3.05) is 19.7 Å². The highest BCUT2D eigenvalue weighted by atomic mass is 32.1. The number of aliphatic hydroxyl groups is 1. The average molecular weight is 440 g/mol. The van der Waals surface area contributed by atoms with Crippen LogP contribution in [0.25, 0.3) is 11.5 Å². The van der Waals surface area contributed by atoms with Crippen molar-refractivity contribution in [3.05, 3.63) is 64.2 Å². The third-order valence-electron chi connectivity index (χ3n) is 5.42. The number of aliphatic hydroxyl groups excluding tert-OH is 1. The first-order chi connectivity index (χ1) is 15.1. The molecule has 1 aliphatic rings. The molecule has 1 saturated heterocycles. The number of carbonyl (C=O) groups is 2. The molecular weight excluding hydrogens is 414 g/mol. The summed E-state index contributed by atoms with van der Waals surface area (Å²) in [5.74, 6) is 0.326. The summed E-state index contributed by atoms with van der Waals surface area (Å²) in [4.78, 5) is 30.8. The summed E-state index contributed by atoms with van der Waals surface area (Å²) >= 11 is 1.58. The molecule has 2 N–H and O–H groups in total. The minimum atomic E-state index is -0.168. The van der Waals surface area contributed by atoms with E-state index >= 15 is 0 Å². The molecule has 8 heteroatoms. The van der Waals surface area contributed by atoms with Crippen molar-refractivity contribution in [2.24, 2.45) is 5.92 Å². The molecule has 0 radical (unpaired) electrons. The van der Waals surface area contributed by atoms with Crippen LogP contribution in [0.4, 0.5) is 0 Å². The number of piperidine rings is 1. The lowest BCUT2D eigenvalue weighted by atomic mass is 9.99. The molecule has 3 heterocycles. The second kappa shape index (κ2) is 9.89. The smallest absolute Gasteiger partial charge is 0.275 e. The van der Waals surface area contributed by atoms with Gasteiger partial charge in [-0.3, -0.25) is 9.59 Å². The lowest BCUT2D eigenvalue weighted by Crippen LogP contribution is -2.41. The number of nitrogens with zero attached hydrogens (tertiary/aromatic N) is 2. The Bertz CT molecular complexity index is 1010. The number of likely N-dealkylation sites (tertiary alicyclic amines) is 1. The topological polar surface area (TPSA) is 95.7 Å². The van der Waals surface area contributed by atoms with Gasteiger partial charge in [-0.2, -0.15) is 11.3 Å². The predicted molar refractivity (Wildman–Crippen MR) is 118 cm³/mol. The molecule has 1 aromatic carbocycles. The van der Waals surface area contributed by atoms with Gasteiger partial charge in [-0.1, -0.05) is 12.1 Å². The number of benzene rings is 1. The van der Waals surface area contributed by atoms with Gasteiger partial charge in [0, 0.05) is 31.8 Å². The first kappa shape index (κ1) is 21.3. The van der Waals surface area contributed by atoms with E-state index in [4.69, 9.17) is 4.42 Å². The molecule has 1 fully saturated rings. The Morgan fingerprint density at radius 1 is 1.23 bits per heavy atom. The largest absolute Gasteiger partial charge is 0.444 e. The number of thiophene rings is 1. The van der Waals surface area contributed by atoms with Crippen LogP contribution in [0.5, 0.6) is 0 Å². The molecule has 0 aliphatic carbocycles. The summed E-state index contributed by atoms with van der Waals surface area (Å²) in [7, 11) is 0. The predicted octanol–water partition coefficient (Wildman–Crippen LogP) is 3.11. The third-order valence-corrected chi connectivity index (χ3v) is 6.16. The van der Waals surface area contributed by atoms with Gasteiger partial charge < -0.3 is 19.7 Å². The number of carbonyl (C=O) groups excluding carboxylic acids is 2. The van der Waals surface area contributed by atoms with Gasteiger partial charge in [-0.05, 0) is 58.8 Å². The number of amides is 2. The van der Waals surface area contributed by atoms with Crippen LogP contribution in [-0.4, -0.2) is 46.5 Å². The normalized spacial score (nSPS) is 16.3. The summed E-state index contributed by atoms with van der Waals surface area (Å²) in [6.45, 7) is 1.75. The van der Waals surface area contributed by atoms with Crippen LogP contribution in [0.1, 0.15) is 34.5 Å². The molecule has 1 unspecified atom stereocenters. The van der Waals surface area contributed by atoms with Crippen molar-refractivity contribution >= 4 is 23.2 Å². The molecular formula is C23H25N3O4S. The summed E-state index contributed by atoms with van der Waals surface area (Å²) in [5.41, 5.74) is 3.02. The van der Waals surface area contributed by atoms with Crippen LogP contribution < -0.4 is 5.32 Å². The van der Waals surface area contributed by atoms with Gasteiger partial charge in [0.05, 0.1) is 6.42 Å². The van der Waals surface area contributed by atoms with E-state index in [1.54, 1.807) is 16.2 Å². The fourth-order valence-electron chi connectivity index (χ4n) is 3.67. The first-order valence-corrected chi connectivity index (χ1v) is 11.3. The van der Waals surface area contributed by atoms with Crippen molar-refractivity contribution in [1.82, 2.24) is 15.2 Å². The summed E-state index contributed by atoms with van der Waals surface area (Å²) < 4.78 is 5.54. The summed E-state index contributed by atoms with van der Waals surface area (Å²) in [6.07, 6.45) is 3.58. The monoisotopic (exact) mass is 439 g/mol. The van der Waals surface area contributed by atoms with Crippen LogP contribution in [-0.2, 0) is 17.8 Å². The van der Waals surface area contributed by atoms with E-state index in [0.29, 0.717) is 31.9 Å². The van der Waals surface area contributed by atoms with Crippen molar-refractivity contribution in [1.29, 1.82) is 0 Å². The molecule has 0 saturated carbocycles. The van der Waals surface area contributed by atoms with E-state index in [-0.39, 0.29) is 30.0 Å². The number of rotatable bonds is 7. The first-order valence-electron chi connectivity index (χ1n) is 10.3.